The molecule has 2 rings (SSSR count). The summed E-state index contributed by atoms with van der Waals surface area (Å²) in [6.07, 6.45) is 2.54. The summed E-state index contributed by atoms with van der Waals surface area (Å²) in [5, 5.41) is 0. The quantitative estimate of drug-likeness (QED) is 0.929. The lowest BCUT2D eigenvalue weighted by atomic mass is 9.98. The lowest BCUT2D eigenvalue weighted by molar-refractivity contribution is 0.0102. The summed E-state index contributed by atoms with van der Waals surface area (Å²) in [6.45, 7) is 7.11. The van der Waals surface area contributed by atoms with Crippen LogP contribution < -0.4 is 5.73 Å². The zero-order valence-corrected chi connectivity index (χ0v) is 13.6. The van der Waals surface area contributed by atoms with Crippen LogP contribution in [0.4, 0.5) is 0 Å². The van der Waals surface area contributed by atoms with Crippen molar-refractivity contribution < 1.29 is 4.74 Å². The van der Waals surface area contributed by atoms with Gasteiger partial charge in [0, 0.05) is 32.8 Å². The van der Waals surface area contributed by atoms with Crippen molar-refractivity contribution in [3.05, 3.63) is 34.9 Å². The summed E-state index contributed by atoms with van der Waals surface area (Å²) in [6, 6.07) is 7.23. The molecule has 3 nitrogen and oxygen atoms in total. The van der Waals surface area contributed by atoms with Gasteiger partial charge in [0.2, 0.25) is 0 Å². The normalized spacial score (nSPS) is 23.4. The smallest absolute Gasteiger partial charge is 0.0599 e. The maximum absolute atomic E-state index is 5.93. The highest BCUT2D eigenvalue weighted by Gasteiger charge is 2.27. The maximum atomic E-state index is 5.93. The van der Waals surface area contributed by atoms with Crippen molar-refractivity contribution in [3.63, 3.8) is 0 Å². The molecule has 0 saturated carbocycles. The Bertz CT molecular complexity index is 405. The maximum Gasteiger partial charge on any atom is 0.0599 e. The molecule has 114 valence electrons. The second kappa shape index (κ2) is 7.99. The Labute approximate surface area is 128 Å². The number of benzene rings is 1. The summed E-state index contributed by atoms with van der Waals surface area (Å²) in [5.41, 5.74) is 10.00. The average Bonchev–Trinajstić information content (AvgIpc) is 2.38. The van der Waals surface area contributed by atoms with Crippen LogP contribution in [0.5, 0.6) is 0 Å². The van der Waals surface area contributed by atoms with E-state index in [0.29, 0.717) is 18.7 Å². The van der Waals surface area contributed by atoms with Crippen LogP contribution in [0.3, 0.4) is 0 Å². The van der Waals surface area contributed by atoms with E-state index in [1.165, 1.54) is 16.7 Å². The van der Waals surface area contributed by atoms with E-state index in [1.54, 1.807) is 7.11 Å². The Morgan fingerprint density at radius 3 is 2.45 bits per heavy atom. The first kappa shape index (κ1) is 17.4. The number of nitrogens with zero attached hydrogens (tertiary/aromatic N) is 1. The van der Waals surface area contributed by atoms with Crippen molar-refractivity contribution in [1.29, 1.82) is 0 Å². The van der Waals surface area contributed by atoms with E-state index in [1.807, 2.05) is 0 Å². The van der Waals surface area contributed by atoms with Gasteiger partial charge in [-0.3, -0.25) is 4.90 Å². The number of ether oxygens (including phenoxy) is 1. The third-order valence-electron chi connectivity index (χ3n) is 4.06. The minimum atomic E-state index is 0. The van der Waals surface area contributed by atoms with Crippen LogP contribution >= 0.6 is 12.4 Å². The number of methoxy groups -OCH3 is 1. The Morgan fingerprint density at radius 1 is 1.25 bits per heavy atom. The molecule has 0 aromatic heterocycles. The second-order valence-electron chi connectivity index (χ2n) is 5.74. The standard InChI is InChI=1S/C16H26N2O.ClH/c1-12-6-13(2)8-14(7-12)11-18-5-4-16(19-3)9-15(18)10-17;/h6-8,15-16H,4-5,9-11,17H2,1-3H3;1H. The molecule has 4 heteroatoms. The van der Waals surface area contributed by atoms with Crippen LogP contribution in [0, 0.1) is 13.8 Å². The summed E-state index contributed by atoms with van der Waals surface area (Å²) >= 11 is 0. The van der Waals surface area contributed by atoms with Gasteiger partial charge in [-0.2, -0.15) is 0 Å². The molecule has 1 saturated heterocycles. The number of likely N-dealkylation sites (tertiary alicyclic amines) is 1. The van der Waals surface area contributed by atoms with Gasteiger partial charge in [0.25, 0.3) is 0 Å². The van der Waals surface area contributed by atoms with Crippen LogP contribution in [0.15, 0.2) is 18.2 Å². The largest absolute Gasteiger partial charge is 0.381 e. The molecule has 0 spiro atoms. The highest BCUT2D eigenvalue weighted by Crippen LogP contribution is 2.22. The van der Waals surface area contributed by atoms with E-state index in [0.717, 1.165) is 25.9 Å². The van der Waals surface area contributed by atoms with Crippen LogP contribution in [-0.2, 0) is 11.3 Å². The van der Waals surface area contributed by atoms with Gasteiger partial charge < -0.3 is 10.5 Å². The Balaban J connectivity index is 0.00000200. The minimum Gasteiger partial charge on any atom is -0.381 e. The fourth-order valence-electron chi connectivity index (χ4n) is 3.13. The SMILES string of the molecule is COC1CCN(Cc2cc(C)cc(C)c2)C(CN)C1.Cl. The lowest BCUT2D eigenvalue weighted by Crippen LogP contribution is -2.47. The van der Waals surface area contributed by atoms with E-state index in [9.17, 15) is 0 Å². The zero-order chi connectivity index (χ0) is 13.8. The zero-order valence-electron chi connectivity index (χ0n) is 12.8. The van der Waals surface area contributed by atoms with Crippen molar-refractivity contribution >= 4 is 12.4 Å². The number of piperidine rings is 1. The molecule has 1 aliphatic heterocycles. The van der Waals surface area contributed by atoms with Crippen LogP contribution in [0.2, 0.25) is 0 Å². The Hall–Kier alpha value is -0.610. The van der Waals surface area contributed by atoms with Crippen LogP contribution in [-0.4, -0.2) is 37.2 Å². The topological polar surface area (TPSA) is 38.5 Å². The van der Waals surface area contributed by atoms with Gasteiger partial charge in [0.05, 0.1) is 6.10 Å². The molecule has 0 radical (unpaired) electrons. The molecular weight excluding hydrogens is 272 g/mol. The molecule has 0 amide bonds. The summed E-state index contributed by atoms with van der Waals surface area (Å²) in [5.74, 6) is 0. The average molecular weight is 299 g/mol. The highest BCUT2D eigenvalue weighted by molar-refractivity contribution is 5.85. The molecule has 1 aliphatic rings. The third-order valence-corrected chi connectivity index (χ3v) is 4.06. The van der Waals surface area contributed by atoms with Gasteiger partial charge in [-0.15, -0.1) is 12.4 Å². The summed E-state index contributed by atoms with van der Waals surface area (Å²) in [7, 11) is 1.80. The third kappa shape index (κ3) is 4.45. The molecule has 2 unspecified atom stereocenters. The monoisotopic (exact) mass is 298 g/mol. The van der Waals surface area contributed by atoms with E-state index < -0.39 is 0 Å². The predicted molar refractivity (Wildman–Crippen MR) is 86.4 cm³/mol. The number of nitrogens with two attached hydrogens (primary N) is 1. The number of aryl methyl sites for hydroxylation is 2. The second-order valence-corrected chi connectivity index (χ2v) is 5.74. The van der Waals surface area contributed by atoms with Crippen molar-refractivity contribution in [2.75, 3.05) is 20.2 Å². The van der Waals surface area contributed by atoms with Crippen molar-refractivity contribution in [2.45, 2.75) is 45.4 Å². The molecule has 1 aromatic carbocycles. The molecule has 0 aliphatic carbocycles. The first-order chi connectivity index (χ1) is 9.12. The fourth-order valence-corrected chi connectivity index (χ4v) is 3.13. The summed E-state index contributed by atoms with van der Waals surface area (Å²) < 4.78 is 5.48. The highest BCUT2D eigenvalue weighted by atomic mass is 35.5. The number of rotatable bonds is 4. The molecule has 20 heavy (non-hydrogen) atoms. The molecule has 1 heterocycles. The number of hydrogen-bond acceptors (Lipinski definition) is 3. The molecule has 1 fully saturated rings. The summed E-state index contributed by atoms with van der Waals surface area (Å²) in [4.78, 5) is 2.50. The van der Waals surface area contributed by atoms with E-state index in [-0.39, 0.29) is 12.4 Å². The van der Waals surface area contributed by atoms with E-state index >= 15 is 0 Å². The van der Waals surface area contributed by atoms with Crippen molar-refractivity contribution in [2.24, 2.45) is 5.73 Å². The van der Waals surface area contributed by atoms with Gasteiger partial charge in [0.15, 0.2) is 0 Å². The van der Waals surface area contributed by atoms with Crippen molar-refractivity contribution in [3.8, 4) is 0 Å². The predicted octanol–water partition coefficient (Wildman–Crippen LogP) is 2.66. The Morgan fingerprint density at radius 2 is 1.90 bits per heavy atom. The minimum absolute atomic E-state index is 0. The van der Waals surface area contributed by atoms with Gasteiger partial charge in [0.1, 0.15) is 0 Å². The van der Waals surface area contributed by atoms with E-state index in [2.05, 4.69) is 36.9 Å². The van der Waals surface area contributed by atoms with Gasteiger partial charge in [-0.25, -0.2) is 0 Å². The first-order valence-corrected chi connectivity index (χ1v) is 7.16. The first-order valence-electron chi connectivity index (χ1n) is 7.16. The van der Waals surface area contributed by atoms with Crippen LogP contribution in [0.1, 0.15) is 29.5 Å². The van der Waals surface area contributed by atoms with E-state index in [4.69, 9.17) is 10.5 Å². The molecular formula is C16H27ClN2O. The van der Waals surface area contributed by atoms with Crippen LogP contribution in [0.25, 0.3) is 0 Å². The molecule has 0 bridgehead atoms. The fraction of sp³-hybridized carbons (Fsp3) is 0.625. The van der Waals surface area contributed by atoms with Gasteiger partial charge >= 0.3 is 0 Å². The lowest BCUT2D eigenvalue weighted by Gasteiger charge is -2.38. The molecule has 2 N–H and O–H groups in total. The number of halogens is 1. The van der Waals surface area contributed by atoms with Gasteiger partial charge in [-0.05, 0) is 32.3 Å². The van der Waals surface area contributed by atoms with Crippen molar-refractivity contribution in [1.82, 2.24) is 4.90 Å². The van der Waals surface area contributed by atoms with Gasteiger partial charge in [-0.1, -0.05) is 29.3 Å². The molecule has 1 aromatic rings. The number of hydrogen-bond donors (Lipinski definition) is 1. The Kier molecular flexibility index (Phi) is 6.96. The molecule has 2 atom stereocenters.